The molecule has 0 fully saturated rings. The van der Waals surface area contributed by atoms with Crippen molar-refractivity contribution < 1.29 is 9.30 Å². The summed E-state index contributed by atoms with van der Waals surface area (Å²) in [6.45, 7) is 13.6. The fourth-order valence-corrected chi connectivity index (χ4v) is 6.13. The molecule has 0 aliphatic carbocycles. The van der Waals surface area contributed by atoms with Gasteiger partial charge in [0.1, 0.15) is 18.5 Å². The monoisotopic (exact) mass is 460 g/mol. The summed E-state index contributed by atoms with van der Waals surface area (Å²) in [4.78, 5) is 0. The van der Waals surface area contributed by atoms with Crippen LogP contribution in [0.5, 0.6) is 11.5 Å². The third kappa shape index (κ3) is 3.26. The molecule has 176 valence electrons. The first kappa shape index (κ1) is 22.1. The molecule has 5 aromatic rings. The van der Waals surface area contributed by atoms with E-state index in [1.165, 1.54) is 65.8 Å². The maximum Gasteiger partial charge on any atom is 0.228 e. The third-order valence-electron chi connectivity index (χ3n) is 7.65. The molecule has 1 aliphatic heterocycles. The van der Waals surface area contributed by atoms with Gasteiger partial charge in [-0.15, -0.1) is 0 Å². The lowest BCUT2D eigenvalue weighted by Crippen LogP contribution is -2.32. The normalized spacial score (nSPS) is 12.7. The predicted octanol–water partition coefficient (Wildman–Crippen LogP) is 8.68. The van der Waals surface area contributed by atoms with E-state index in [1.807, 2.05) is 0 Å². The van der Waals surface area contributed by atoms with Crippen LogP contribution < -0.4 is 9.30 Å². The van der Waals surface area contributed by atoms with E-state index in [0.717, 1.165) is 17.9 Å². The molecule has 4 aromatic carbocycles. The van der Waals surface area contributed by atoms with Gasteiger partial charge in [-0.1, -0.05) is 69.7 Å². The molecule has 0 radical (unpaired) electrons. The smallest absolute Gasteiger partial charge is 0.228 e. The second-order valence-corrected chi connectivity index (χ2v) is 11.1. The largest absolute Gasteiger partial charge is 0.455 e. The van der Waals surface area contributed by atoms with Crippen LogP contribution >= 0.6 is 0 Å². The first-order valence-corrected chi connectivity index (χ1v) is 12.9. The van der Waals surface area contributed by atoms with Gasteiger partial charge >= 0.3 is 0 Å². The van der Waals surface area contributed by atoms with Crippen LogP contribution in [0.15, 0.2) is 54.7 Å². The highest BCUT2D eigenvalue weighted by Gasteiger charge is 2.34. The molecule has 35 heavy (non-hydrogen) atoms. The molecule has 0 saturated carbocycles. The number of rotatable bonds is 3. The molecular weight excluding hydrogens is 426 g/mol. The Morgan fingerprint density at radius 1 is 0.829 bits per heavy atom. The lowest BCUT2D eigenvalue weighted by molar-refractivity contribution is -0.659. The maximum atomic E-state index is 6.93. The summed E-state index contributed by atoms with van der Waals surface area (Å²) in [6, 6.07) is 18.3. The highest BCUT2D eigenvalue weighted by Crippen LogP contribution is 2.53. The van der Waals surface area contributed by atoms with Crippen molar-refractivity contribution in [1.29, 1.82) is 0 Å². The van der Waals surface area contributed by atoms with E-state index >= 15 is 0 Å². The van der Waals surface area contributed by atoms with Gasteiger partial charge in [0.05, 0.1) is 10.9 Å². The molecule has 1 aromatic heterocycles. The molecule has 0 unspecified atom stereocenters. The Balaban J connectivity index is 1.76. The van der Waals surface area contributed by atoms with E-state index in [2.05, 4.69) is 108 Å². The number of benzene rings is 4. The van der Waals surface area contributed by atoms with Gasteiger partial charge in [0.25, 0.3) is 0 Å². The molecule has 1 aliphatic rings. The van der Waals surface area contributed by atoms with Crippen molar-refractivity contribution in [3.05, 3.63) is 77.0 Å². The average Bonchev–Trinajstić information content (AvgIpc) is 2.80. The average molecular weight is 461 g/mol. The summed E-state index contributed by atoms with van der Waals surface area (Å²) < 4.78 is 9.21. The van der Waals surface area contributed by atoms with Gasteiger partial charge in [0, 0.05) is 17.0 Å². The number of hydrogen-bond acceptors (Lipinski definition) is 1. The van der Waals surface area contributed by atoms with Crippen LogP contribution in [0.4, 0.5) is 0 Å². The zero-order valence-electron chi connectivity index (χ0n) is 21.9. The number of ether oxygens (including phenoxy) is 1. The minimum atomic E-state index is 0.346. The van der Waals surface area contributed by atoms with Crippen molar-refractivity contribution >= 4 is 32.3 Å². The van der Waals surface area contributed by atoms with Gasteiger partial charge in [0.2, 0.25) is 5.69 Å². The van der Waals surface area contributed by atoms with Crippen LogP contribution in [0.3, 0.4) is 0 Å². The van der Waals surface area contributed by atoms with E-state index in [0.29, 0.717) is 11.8 Å². The van der Waals surface area contributed by atoms with Crippen LogP contribution in [-0.2, 0) is 13.5 Å². The minimum absolute atomic E-state index is 0.346. The molecule has 0 spiro atoms. The number of pyridine rings is 1. The first-order valence-electron chi connectivity index (χ1n) is 12.9. The van der Waals surface area contributed by atoms with Crippen LogP contribution in [0, 0.1) is 19.8 Å². The summed E-state index contributed by atoms with van der Waals surface area (Å²) >= 11 is 0. The number of hydrogen-bond donors (Lipinski definition) is 0. The van der Waals surface area contributed by atoms with Crippen LogP contribution in [0.2, 0.25) is 0 Å². The number of aromatic nitrogens is 1. The predicted molar refractivity (Wildman–Crippen MR) is 148 cm³/mol. The van der Waals surface area contributed by atoms with Crippen LogP contribution in [0.25, 0.3) is 43.6 Å². The number of fused-ring (bicyclic) bond motifs is 5. The number of aryl methyl sites for hydroxylation is 3. The first-order chi connectivity index (χ1) is 16.7. The zero-order chi connectivity index (χ0) is 24.6. The minimum Gasteiger partial charge on any atom is -0.455 e. The standard InChI is InChI=1S/C33H34NO/c1-18(2)14-22-9-11-24-23(16-22)17-28-31-26(24)12-13-34(7)32(31)30-21(6)27-15-20(5)8-10-25(27)29(19(3)4)33(30)35-28/h8-13,15-19H,14H2,1-7H3/q+1. The van der Waals surface area contributed by atoms with Crippen LogP contribution in [0.1, 0.15) is 55.9 Å². The molecule has 0 atom stereocenters. The fraction of sp³-hybridized carbons (Fsp3) is 0.303. The molecule has 2 heteroatoms. The van der Waals surface area contributed by atoms with Crippen molar-refractivity contribution in [1.82, 2.24) is 0 Å². The Kier molecular flexibility index (Phi) is 4.93. The van der Waals surface area contributed by atoms with Crippen molar-refractivity contribution in [3.8, 4) is 22.8 Å². The topological polar surface area (TPSA) is 13.1 Å². The Hall–Kier alpha value is -3.39. The second kappa shape index (κ2) is 7.81. The van der Waals surface area contributed by atoms with Gasteiger partial charge < -0.3 is 4.74 Å². The summed E-state index contributed by atoms with van der Waals surface area (Å²) in [5.41, 5.74) is 7.77. The SMILES string of the molecule is Cc1ccc2c(C(C)C)c3c(c(C)c2c1)-c1c2c(cc4cc(CC(C)C)ccc4c2cc[n+]1C)O3. The van der Waals surface area contributed by atoms with Gasteiger partial charge in [-0.05, 0) is 70.8 Å². The highest BCUT2D eigenvalue weighted by molar-refractivity contribution is 6.16. The van der Waals surface area contributed by atoms with Crippen molar-refractivity contribution in [2.24, 2.45) is 13.0 Å². The molecule has 0 N–H and O–H groups in total. The molecule has 2 nitrogen and oxygen atoms in total. The van der Waals surface area contributed by atoms with Crippen molar-refractivity contribution in [2.75, 3.05) is 0 Å². The van der Waals surface area contributed by atoms with Gasteiger partial charge in [0.15, 0.2) is 6.20 Å². The van der Waals surface area contributed by atoms with Crippen LogP contribution in [-0.4, -0.2) is 0 Å². The summed E-state index contributed by atoms with van der Waals surface area (Å²) in [5.74, 6) is 2.98. The lowest BCUT2D eigenvalue weighted by atomic mass is 9.84. The summed E-state index contributed by atoms with van der Waals surface area (Å²) in [7, 11) is 2.17. The molecule has 0 amide bonds. The quantitative estimate of drug-likeness (QED) is 0.190. The van der Waals surface area contributed by atoms with E-state index < -0.39 is 0 Å². The van der Waals surface area contributed by atoms with E-state index in [4.69, 9.17) is 4.74 Å². The van der Waals surface area contributed by atoms with E-state index in [-0.39, 0.29) is 0 Å². The molecule has 6 rings (SSSR count). The third-order valence-corrected chi connectivity index (χ3v) is 7.65. The Morgan fingerprint density at radius 3 is 2.34 bits per heavy atom. The summed E-state index contributed by atoms with van der Waals surface area (Å²) in [5, 5.41) is 7.67. The molecule has 0 bridgehead atoms. The molecular formula is C33H34NO+. The van der Waals surface area contributed by atoms with Crippen molar-refractivity contribution in [2.45, 2.75) is 53.9 Å². The molecule has 0 saturated heterocycles. The van der Waals surface area contributed by atoms with E-state index in [1.54, 1.807) is 0 Å². The Labute approximate surface area is 208 Å². The number of nitrogens with zero attached hydrogens (tertiary/aromatic N) is 1. The van der Waals surface area contributed by atoms with Crippen molar-refractivity contribution in [3.63, 3.8) is 0 Å². The fourth-order valence-electron chi connectivity index (χ4n) is 6.13. The van der Waals surface area contributed by atoms with Gasteiger partial charge in [-0.3, -0.25) is 0 Å². The second-order valence-electron chi connectivity index (χ2n) is 11.1. The zero-order valence-corrected chi connectivity index (χ0v) is 21.9. The van der Waals surface area contributed by atoms with E-state index in [9.17, 15) is 0 Å². The Bertz CT molecular complexity index is 1670. The maximum absolute atomic E-state index is 6.93. The summed E-state index contributed by atoms with van der Waals surface area (Å²) in [6.07, 6.45) is 3.30. The van der Waals surface area contributed by atoms with Gasteiger partial charge in [-0.2, -0.15) is 0 Å². The Morgan fingerprint density at radius 2 is 1.60 bits per heavy atom. The van der Waals surface area contributed by atoms with Gasteiger partial charge in [-0.25, -0.2) is 4.57 Å². The highest BCUT2D eigenvalue weighted by atomic mass is 16.5. The molecule has 2 heterocycles. The lowest BCUT2D eigenvalue weighted by Gasteiger charge is -2.27.